The molecule has 0 saturated heterocycles. The lowest BCUT2D eigenvalue weighted by Gasteiger charge is -1.79. The topological polar surface area (TPSA) is 55.7 Å². The third-order valence-electron chi connectivity index (χ3n) is 0.251. The fourth-order valence-corrected chi connectivity index (χ4v) is 0.0851. The lowest BCUT2D eigenvalue weighted by Crippen LogP contribution is -1.98. The van der Waals surface area contributed by atoms with Crippen LogP contribution in [-0.4, -0.2) is 19.0 Å². The lowest BCUT2D eigenvalue weighted by atomic mass is 10.8. The Morgan fingerprint density at radius 1 is 1.86 bits per heavy atom. The molecule has 0 spiro atoms. The van der Waals surface area contributed by atoms with Gasteiger partial charge >= 0.3 is 5.97 Å². The van der Waals surface area contributed by atoms with Gasteiger partial charge in [0.25, 0.3) is 0 Å². The van der Waals surface area contributed by atoms with Gasteiger partial charge in [-0.25, -0.2) is 4.79 Å². The summed E-state index contributed by atoms with van der Waals surface area (Å²) in [5.41, 5.74) is 0. The zero-order chi connectivity index (χ0) is 5.70. The molecule has 0 N–H and O–H groups in total. The summed E-state index contributed by atoms with van der Waals surface area (Å²) < 4.78 is 0. The summed E-state index contributed by atoms with van der Waals surface area (Å²) in [6, 6.07) is 0. The van der Waals surface area contributed by atoms with E-state index in [0.717, 1.165) is 0 Å². The SMILES string of the molecule is C=NOC(=O)C=O. The maximum absolute atomic E-state index is 9.69. The molecule has 0 aromatic rings. The minimum Gasteiger partial charge on any atom is -0.310 e. The van der Waals surface area contributed by atoms with Crippen LogP contribution in [0.15, 0.2) is 5.16 Å². The van der Waals surface area contributed by atoms with Crippen molar-refractivity contribution in [3.8, 4) is 0 Å². The van der Waals surface area contributed by atoms with Crippen molar-refractivity contribution in [2.45, 2.75) is 0 Å². The van der Waals surface area contributed by atoms with Crippen LogP contribution in [0.1, 0.15) is 0 Å². The molecule has 0 amide bonds. The van der Waals surface area contributed by atoms with Gasteiger partial charge in [-0.05, 0) is 0 Å². The summed E-state index contributed by atoms with van der Waals surface area (Å²) in [5.74, 6) is -1.03. The van der Waals surface area contributed by atoms with Crippen LogP contribution in [0.3, 0.4) is 0 Å². The first-order chi connectivity index (χ1) is 3.31. The van der Waals surface area contributed by atoms with Crippen LogP contribution in [-0.2, 0) is 14.4 Å². The Morgan fingerprint density at radius 2 is 2.43 bits per heavy atom. The molecule has 0 aromatic heterocycles. The van der Waals surface area contributed by atoms with E-state index in [1.165, 1.54) is 0 Å². The van der Waals surface area contributed by atoms with Crippen molar-refractivity contribution in [3.63, 3.8) is 0 Å². The van der Waals surface area contributed by atoms with Crippen molar-refractivity contribution in [1.82, 2.24) is 0 Å². The highest BCUT2D eigenvalue weighted by Gasteiger charge is 1.92. The first-order valence-electron chi connectivity index (χ1n) is 1.43. The molecule has 0 heterocycles. The Kier molecular flexibility index (Phi) is 2.50. The van der Waals surface area contributed by atoms with Crippen LogP contribution in [0, 0.1) is 0 Å². The van der Waals surface area contributed by atoms with Crippen LogP contribution < -0.4 is 0 Å². The summed E-state index contributed by atoms with van der Waals surface area (Å²) in [7, 11) is 0. The largest absolute Gasteiger partial charge is 0.397 e. The smallest absolute Gasteiger partial charge is 0.310 e. The van der Waals surface area contributed by atoms with Crippen LogP contribution in [0.5, 0.6) is 0 Å². The van der Waals surface area contributed by atoms with Crippen LogP contribution in [0.4, 0.5) is 0 Å². The molecule has 0 rings (SSSR count). The fraction of sp³-hybridized carbons (Fsp3) is 0. The molecule has 4 heteroatoms. The van der Waals surface area contributed by atoms with Gasteiger partial charge in [-0.2, -0.15) is 0 Å². The molecule has 0 atom stereocenters. The van der Waals surface area contributed by atoms with E-state index in [2.05, 4.69) is 16.7 Å². The highest BCUT2D eigenvalue weighted by atomic mass is 16.7. The number of aldehydes is 1. The molecule has 0 aliphatic rings. The molecule has 0 fully saturated rings. The molecule has 0 aliphatic carbocycles. The Bertz CT molecular complexity index is 98.4. The minimum absolute atomic E-state index is 0.00861. The lowest BCUT2D eigenvalue weighted by molar-refractivity contribution is -0.148. The van der Waals surface area contributed by atoms with E-state index in [1.807, 2.05) is 0 Å². The highest BCUT2D eigenvalue weighted by Crippen LogP contribution is 1.67. The van der Waals surface area contributed by atoms with Crippen LogP contribution >= 0.6 is 0 Å². The van der Waals surface area contributed by atoms with Crippen molar-refractivity contribution < 1.29 is 14.4 Å². The second kappa shape index (κ2) is 3.02. The molecule has 38 valence electrons. The zero-order valence-electron chi connectivity index (χ0n) is 3.46. The summed E-state index contributed by atoms with van der Waals surface area (Å²) in [6.45, 7) is 2.80. The monoisotopic (exact) mass is 101 g/mol. The van der Waals surface area contributed by atoms with E-state index < -0.39 is 5.97 Å². The molecule has 0 bridgehead atoms. The van der Waals surface area contributed by atoms with E-state index in [9.17, 15) is 9.59 Å². The number of oxime groups is 1. The average molecular weight is 101 g/mol. The number of nitrogens with zero attached hydrogens (tertiary/aromatic N) is 1. The molecule has 7 heavy (non-hydrogen) atoms. The maximum atomic E-state index is 9.69. The van der Waals surface area contributed by atoms with Crippen molar-refractivity contribution in [1.29, 1.82) is 0 Å². The van der Waals surface area contributed by atoms with Crippen molar-refractivity contribution >= 4 is 19.0 Å². The van der Waals surface area contributed by atoms with E-state index in [4.69, 9.17) is 0 Å². The summed E-state index contributed by atoms with van der Waals surface area (Å²) in [4.78, 5) is 22.7. The molecule has 0 unspecified atom stereocenters. The van der Waals surface area contributed by atoms with Crippen molar-refractivity contribution in [3.05, 3.63) is 0 Å². The molecule has 0 aromatic carbocycles. The number of hydrogen-bond donors (Lipinski definition) is 0. The molecule has 0 saturated carbocycles. The fourth-order valence-electron chi connectivity index (χ4n) is 0.0851. The van der Waals surface area contributed by atoms with Gasteiger partial charge in [-0.15, -0.1) is 0 Å². The molecule has 0 aliphatic heterocycles. The highest BCUT2D eigenvalue weighted by molar-refractivity contribution is 6.20. The molecular weight excluding hydrogens is 98.0 g/mol. The summed E-state index contributed by atoms with van der Waals surface area (Å²) >= 11 is 0. The predicted molar refractivity (Wildman–Crippen MR) is 21.7 cm³/mol. The van der Waals surface area contributed by atoms with Crippen LogP contribution in [0.2, 0.25) is 0 Å². The first-order valence-corrected chi connectivity index (χ1v) is 1.43. The second-order valence-corrected chi connectivity index (χ2v) is 0.657. The molecule has 0 radical (unpaired) electrons. The third-order valence-corrected chi connectivity index (χ3v) is 0.251. The quantitative estimate of drug-likeness (QED) is 0.152. The van der Waals surface area contributed by atoms with Gasteiger partial charge in [-0.1, -0.05) is 5.16 Å². The summed E-state index contributed by atoms with van der Waals surface area (Å²) in [6.07, 6.45) is 0.00861. The summed E-state index contributed by atoms with van der Waals surface area (Å²) in [5, 5.41) is 2.68. The predicted octanol–water partition coefficient (Wildman–Crippen LogP) is -0.656. The van der Waals surface area contributed by atoms with Gasteiger partial charge < -0.3 is 4.84 Å². The average Bonchev–Trinajstić information content (AvgIpc) is 1.68. The van der Waals surface area contributed by atoms with E-state index >= 15 is 0 Å². The van der Waals surface area contributed by atoms with Gasteiger partial charge in [0.15, 0.2) is 0 Å². The normalized spacial score (nSPS) is 6.86. The molecular formula is C3H3NO3. The van der Waals surface area contributed by atoms with E-state index in [1.54, 1.807) is 0 Å². The number of rotatable bonds is 2. The number of carbonyl (C=O) groups excluding carboxylic acids is 2. The van der Waals surface area contributed by atoms with Gasteiger partial charge in [0.1, 0.15) is 0 Å². The van der Waals surface area contributed by atoms with Gasteiger partial charge in [-0.3, -0.25) is 4.79 Å². The van der Waals surface area contributed by atoms with Crippen LogP contribution in [0.25, 0.3) is 0 Å². The standard InChI is InChI=1S/C3H3NO3/c1-4-7-3(6)2-5/h2H,1H2. The number of hydrogen-bond acceptors (Lipinski definition) is 4. The Morgan fingerprint density at radius 3 is 2.57 bits per heavy atom. The first kappa shape index (κ1) is 5.81. The Balaban J connectivity index is 3.36. The number of carbonyl (C=O) groups is 2. The van der Waals surface area contributed by atoms with Crippen molar-refractivity contribution in [2.24, 2.45) is 5.16 Å². The maximum Gasteiger partial charge on any atom is 0.397 e. The zero-order valence-corrected chi connectivity index (χ0v) is 3.46. The van der Waals surface area contributed by atoms with Gasteiger partial charge in [0.05, 0.1) is 0 Å². The third kappa shape index (κ3) is 2.62. The van der Waals surface area contributed by atoms with E-state index in [-0.39, 0.29) is 6.29 Å². The van der Waals surface area contributed by atoms with Crippen molar-refractivity contribution in [2.75, 3.05) is 0 Å². The Hall–Kier alpha value is -1.19. The Labute approximate surface area is 39.8 Å². The van der Waals surface area contributed by atoms with E-state index in [0.29, 0.717) is 0 Å². The molecule has 4 nitrogen and oxygen atoms in total. The minimum atomic E-state index is -1.03. The van der Waals surface area contributed by atoms with Gasteiger partial charge in [0, 0.05) is 6.72 Å². The second-order valence-electron chi connectivity index (χ2n) is 0.657. The van der Waals surface area contributed by atoms with Gasteiger partial charge in [0.2, 0.25) is 6.29 Å².